The highest BCUT2D eigenvalue weighted by Gasteiger charge is 2.26. The molecule has 0 aromatic heterocycles. The van der Waals surface area contributed by atoms with Gasteiger partial charge in [0.25, 0.3) is 5.91 Å². The van der Waals surface area contributed by atoms with E-state index in [0.29, 0.717) is 30.8 Å². The molecule has 0 saturated carbocycles. The predicted octanol–water partition coefficient (Wildman–Crippen LogP) is 1.40. The van der Waals surface area contributed by atoms with Gasteiger partial charge in [0.1, 0.15) is 0 Å². The summed E-state index contributed by atoms with van der Waals surface area (Å²) in [6.07, 6.45) is 1.64. The van der Waals surface area contributed by atoms with E-state index in [1.165, 1.54) is 12.1 Å². The van der Waals surface area contributed by atoms with Crippen molar-refractivity contribution in [1.82, 2.24) is 4.90 Å². The van der Waals surface area contributed by atoms with Gasteiger partial charge in [-0.2, -0.15) is 0 Å². The number of hydrogen-bond acceptors (Lipinski definition) is 5. The third-order valence-electron chi connectivity index (χ3n) is 3.63. The summed E-state index contributed by atoms with van der Waals surface area (Å²) in [5.41, 5.74) is 1.04. The zero-order valence-corrected chi connectivity index (χ0v) is 12.8. The van der Waals surface area contributed by atoms with Gasteiger partial charge in [0, 0.05) is 37.2 Å². The number of amides is 1. The molecule has 114 valence electrons. The number of piperidine rings is 1. The van der Waals surface area contributed by atoms with E-state index in [2.05, 4.69) is 5.16 Å². The summed E-state index contributed by atoms with van der Waals surface area (Å²) in [7, 11) is -3.34. The highest BCUT2D eigenvalue weighted by molar-refractivity contribution is 7.90. The van der Waals surface area contributed by atoms with Gasteiger partial charge < -0.3 is 10.1 Å². The Balaban J connectivity index is 2.22. The van der Waals surface area contributed by atoms with Gasteiger partial charge in [-0.05, 0) is 18.2 Å². The van der Waals surface area contributed by atoms with E-state index < -0.39 is 9.84 Å². The molecule has 1 aromatic rings. The first kappa shape index (κ1) is 15.5. The molecule has 1 heterocycles. The van der Waals surface area contributed by atoms with Crippen LogP contribution in [0.3, 0.4) is 0 Å². The zero-order chi connectivity index (χ0) is 15.6. The fourth-order valence-electron chi connectivity index (χ4n) is 2.40. The molecular formula is C14H18N2O4S. The van der Waals surface area contributed by atoms with Crippen LogP contribution in [0, 0.1) is 5.92 Å². The number of carbonyl (C=O) groups is 1. The molecule has 1 saturated heterocycles. The van der Waals surface area contributed by atoms with E-state index in [4.69, 9.17) is 5.21 Å². The molecule has 2 rings (SSSR count). The SMILES string of the molecule is CC1CN(C(=O)c2cccc(S(C)(=O)=O)c2)CC/C1=N\O. The van der Waals surface area contributed by atoms with Gasteiger partial charge in [-0.15, -0.1) is 0 Å². The summed E-state index contributed by atoms with van der Waals surface area (Å²) < 4.78 is 23.1. The summed E-state index contributed by atoms with van der Waals surface area (Å²) in [5.74, 6) is -0.213. The van der Waals surface area contributed by atoms with Gasteiger partial charge in [0.2, 0.25) is 0 Å². The average Bonchev–Trinajstić information content (AvgIpc) is 2.45. The lowest BCUT2D eigenvalue weighted by Crippen LogP contribution is -2.43. The number of hydrogen-bond donors (Lipinski definition) is 1. The Labute approximate surface area is 124 Å². The molecular weight excluding hydrogens is 292 g/mol. The van der Waals surface area contributed by atoms with Crippen molar-refractivity contribution in [2.45, 2.75) is 18.2 Å². The molecule has 21 heavy (non-hydrogen) atoms. The molecule has 0 aliphatic carbocycles. The second kappa shape index (κ2) is 5.85. The predicted molar refractivity (Wildman–Crippen MR) is 78.5 cm³/mol. The number of sulfone groups is 1. The molecule has 1 aliphatic rings. The maximum atomic E-state index is 12.4. The fourth-order valence-corrected chi connectivity index (χ4v) is 3.07. The van der Waals surface area contributed by atoms with Crippen molar-refractivity contribution in [2.75, 3.05) is 19.3 Å². The van der Waals surface area contributed by atoms with Crippen LogP contribution < -0.4 is 0 Å². The van der Waals surface area contributed by atoms with E-state index in [0.717, 1.165) is 6.26 Å². The van der Waals surface area contributed by atoms with Crippen molar-refractivity contribution in [3.63, 3.8) is 0 Å². The number of nitrogens with zero attached hydrogens (tertiary/aromatic N) is 2. The quantitative estimate of drug-likeness (QED) is 0.661. The van der Waals surface area contributed by atoms with Crippen molar-refractivity contribution in [3.05, 3.63) is 29.8 Å². The topological polar surface area (TPSA) is 87.0 Å². The Morgan fingerprint density at radius 1 is 1.43 bits per heavy atom. The lowest BCUT2D eigenvalue weighted by molar-refractivity contribution is 0.0733. The van der Waals surface area contributed by atoms with Crippen LogP contribution in [0.2, 0.25) is 0 Å². The number of rotatable bonds is 2. The van der Waals surface area contributed by atoms with Crippen LogP contribution in [0.5, 0.6) is 0 Å². The minimum Gasteiger partial charge on any atom is -0.411 e. The van der Waals surface area contributed by atoms with Crippen molar-refractivity contribution >= 4 is 21.5 Å². The van der Waals surface area contributed by atoms with Crippen molar-refractivity contribution in [1.29, 1.82) is 0 Å². The second-order valence-electron chi connectivity index (χ2n) is 5.29. The van der Waals surface area contributed by atoms with Crippen LogP contribution in [0.15, 0.2) is 34.3 Å². The Kier molecular flexibility index (Phi) is 4.32. The number of benzene rings is 1. The second-order valence-corrected chi connectivity index (χ2v) is 7.31. The van der Waals surface area contributed by atoms with Crippen molar-refractivity contribution in [3.8, 4) is 0 Å². The van der Waals surface area contributed by atoms with E-state index >= 15 is 0 Å². The third-order valence-corrected chi connectivity index (χ3v) is 4.74. The monoisotopic (exact) mass is 310 g/mol. The highest BCUT2D eigenvalue weighted by Crippen LogP contribution is 2.18. The van der Waals surface area contributed by atoms with Crippen LogP contribution >= 0.6 is 0 Å². The standard InChI is InChI=1S/C14H18N2O4S/c1-10-9-16(7-6-13(10)15-18)14(17)11-4-3-5-12(8-11)21(2,19)20/h3-5,8,10,18H,6-7,9H2,1-2H3/b15-13+. The van der Waals surface area contributed by atoms with Crippen molar-refractivity contribution < 1.29 is 18.4 Å². The lowest BCUT2D eigenvalue weighted by Gasteiger charge is -2.31. The van der Waals surface area contributed by atoms with Crippen LogP contribution in [0.4, 0.5) is 0 Å². The first-order chi connectivity index (χ1) is 9.82. The van der Waals surface area contributed by atoms with Crippen LogP contribution in [0.1, 0.15) is 23.7 Å². The maximum Gasteiger partial charge on any atom is 0.253 e. The summed E-state index contributed by atoms with van der Waals surface area (Å²) in [5, 5.41) is 12.1. The van der Waals surface area contributed by atoms with Crippen LogP contribution in [0.25, 0.3) is 0 Å². The molecule has 0 spiro atoms. The van der Waals surface area contributed by atoms with Crippen LogP contribution in [-0.4, -0.2) is 49.5 Å². The van der Waals surface area contributed by atoms with Gasteiger partial charge in [-0.3, -0.25) is 4.79 Å². The molecule has 7 heteroatoms. The Morgan fingerprint density at radius 3 is 2.71 bits per heavy atom. The maximum absolute atomic E-state index is 12.4. The molecule has 1 amide bonds. The molecule has 1 atom stereocenters. The lowest BCUT2D eigenvalue weighted by atomic mass is 9.97. The summed E-state index contributed by atoms with van der Waals surface area (Å²) >= 11 is 0. The first-order valence-electron chi connectivity index (χ1n) is 6.63. The van der Waals surface area contributed by atoms with E-state index in [1.54, 1.807) is 17.0 Å². The van der Waals surface area contributed by atoms with E-state index in [9.17, 15) is 13.2 Å². The molecule has 6 nitrogen and oxygen atoms in total. The number of carbonyl (C=O) groups excluding carboxylic acids is 1. The number of oxime groups is 1. The van der Waals surface area contributed by atoms with Gasteiger partial charge in [-0.1, -0.05) is 18.1 Å². The summed E-state index contributed by atoms with van der Waals surface area (Å²) in [6, 6.07) is 6.05. The fraction of sp³-hybridized carbons (Fsp3) is 0.429. The first-order valence-corrected chi connectivity index (χ1v) is 8.52. The van der Waals surface area contributed by atoms with E-state index in [-0.39, 0.29) is 16.7 Å². The minimum atomic E-state index is -3.34. The van der Waals surface area contributed by atoms with Crippen LogP contribution in [-0.2, 0) is 9.84 Å². The van der Waals surface area contributed by atoms with Gasteiger partial charge >= 0.3 is 0 Å². The molecule has 1 fully saturated rings. The summed E-state index contributed by atoms with van der Waals surface area (Å²) in [6.45, 7) is 2.81. The largest absolute Gasteiger partial charge is 0.411 e. The normalized spacial score (nSPS) is 21.5. The Hall–Kier alpha value is -1.89. The smallest absolute Gasteiger partial charge is 0.253 e. The molecule has 1 unspecified atom stereocenters. The van der Waals surface area contributed by atoms with Gasteiger partial charge in [0.05, 0.1) is 10.6 Å². The Morgan fingerprint density at radius 2 is 2.14 bits per heavy atom. The molecule has 1 aliphatic heterocycles. The third kappa shape index (κ3) is 3.41. The van der Waals surface area contributed by atoms with E-state index in [1.807, 2.05) is 6.92 Å². The molecule has 1 aromatic carbocycles. The van der Waals surface area contributed by atoms with Gasteiger partial charge in [0.15, 0.2) is 9.84 Å². The minimum absolute atomic E-state index is 0.00853. The van der Waals surface area contributed by atoms with Crippen molar-refractivity contribution in [2.24, 2.45) is 11.1 Å². The molecule has 0 radical (unpaired) electrons. The Bertz CT molecular complexity index is 682. The summed E-state index contributed by atoms with van der Waals surface area (Å²) in [4.78, 5) is 14.2. The molecule has 1 N–H and O–H groups in total. The zero-order valence-electron chi connectivity index (χ0n) is 12.0. The highest BCUT2D eigenvalue weighted by atomic mass is 32.2. The molecule has 0 bridgehead atoms. The number of likely N-dealkylation sites (tertiary alicyclic amines) is 1. The van der Waals surface area contributed by atoms with Gasteiger partial charge in [-0.25, -0.2) is 8.42 Å². The average molecular weight is 310 g/mol.